The van der Waals surface area contributed by atoms with Crippen LogP contribution >= 0.6 is 22.6 Å². The molecule has 1 rings (SSSR count). The standard InChI is InChI=1S/C13H11F2IO7S/c1-7(2)11(17)23-8-3-4-9(10(16)5-8)12(18)22-6-13(14,15)24(19,20)21/h3-5H,1,6H2,2H3,(H,19,20,21). The van der Waals surface area contributed by atoms with E-state index in [9.17, 15) is 26.8 Å². The smallest absolute Gasteiger partial charge is 0.402 e. The maximum Gasteiger partial charge on any atom is 0.402 e. The predicted molar refractivity (Wildman–Crippen MR) is 86.4 cm³/mol. The zero-order chi connectivity index (χ0) is 18.7. The predicted octanol–water partition coefficient (Wildman–Crippen LogP) is 2.41. The number of hydrogen-bond donors (Lipinski definition) is 1. The van der Waals surface area contributed by atoms with Gasteiger partial charge >= 0.3 is 27.3 Å². The molecule has 7 nitrogen and oxygen atoms in total. The zero-order valence-electron chi connectivity index (χ0n) is 12.1. The van der Waals surface area contributed by atoms with Crippen molar-refractivity contribution in [1.82, 2.24) is 0 Å². The first kappa shape index (κ1) is 20.4. The lowest BCUT2D eigenvalue weighted by Gasteiger charge is -2.13. The van der Waals surface area contributed by atoms with Crippen LogP contribution in [0.25, 0.3) is 0 Å². The average molecular weight is 476 g/mol. The summed E-state index contributed by atoms with van der Waals surface area (Å²) in [6.07, 6.45) is 0. The molecule has 24 heavy (non-hydrogen) atoms. The van der Waals surface area contributed by atoms with Crippen molar-refractivity contribution in [1.29, 1.82) is 0 Å². The van der Waals surface area contributed by atoms with Gasteiger partial charge in [0.05, 0.1) is 5.56 Å². The van der Waals surface area contributed by atoms with Crippen molar-refractivity contribution in [3.63, 3.8) is 0 Å². The van der Waals surface area contributed by atoms with Crippen molar-refractivity contribution in [3.05, 3.63) is 39.5 Å². The highest BCUT2D eigenvalue weighted by Crippen LogP contribution is 2.24. The van der Waals surface area contributed by atoms with E-state index in [2.05, 4.69) is 11.3 Å². The van der Waals surface area contributed by atoms with Crippen LogP contribution in [0.5, 0.6) is 5.75 Å². The minimum Gasteiger partial charge on any atom is -0.454 e. The first-order valence-electron chi connectivity index (χ1n) is 6.04. The summed E-state index contributed by atoms with van der Waals surface area (Å²) in [5.41, 5.74) is -0.00204. The molecule has 0 bridgehead atoms. The Morgan fingerprint density at radius 2 is 1.96 bits per heavy atom. The topological polar surface area (TPSA) is 107 Å². The zero-order valence-corrected chi connectivity index (χ0v) is 15.1. The lowest BCUT2D eigenvalue weighted by molar-refractivity contribution is -0.130. The van der Waals surface area contributed by atoms with Gasteiger partial charge in [0.25, 0.3) is 0 Å². The van der Waals surface area contributed by atoms with Crippen molar-refractivity contribution < 1.29 is 40.8 Å². The molecular weight excluding hydrogens is 465 g/mol. The highest BCUT2D eigenvalue weighted by Gasteiger charge is 2.45. The summed E-state index contributed by atoms with van der Waals surface area (Å²) in [5.74, 6) is -1.83. The lowest BCUT2D eigenvalue weighted by Crippen LogP contribution is -2.34. The Labute approximate surface area is 149 Å². The summed E-state index contributed by atoms with van der Waals surface area (Å²) in [5, 5.41) is -4.62. The summed E-state index contributed by atoms with van der Waals surface area (Å²) < 4.78 is 64.5. The summed E-state index contributed by atoms with van der Waals surface area (Å²) in [6, 6.07) is 3.65. The van der Waals surface area contributed by atoms with Gasteiger partial charge in [-0.25, -0.2) is 9.59 Å². The van der Waals surface area contributed by atoms with Gasteiger partial charge in [0.1, 0.15) is 5.75 Å². The number of ether oxygens (including phenoxy) is 2. The van der Waals surface area contributed by atoms with Crippen LogP contribution in [0.2, 0.25) is 0 Å². The third-order valence-electron chi connectivity index (χ3n) is 2.47. The van der Waals surface area contributed by atoms with Gasteiger partial charge in [0.2, 0.25) is 0 Å². The van der Waals surface area contributed by atoms with E-state index in [0.29, 0.717) is 0 Å². The van der Waals surface area contributed by atoms with Crippen molar-refractivity contribution in [2.45, 2.75) is 12.2 Å². The molecule has 1 N–H and O–H groups in total. The SMILES string of the molecule is C=C(C)C(=O)Oc1ccc(C(=O)OCC(F)(F)S(=O)(=O)O)c(I)c1. The second-order valence-electron chi connectivity index (χ2n) is 4.50. The number of carbonyl (C=O) groups excluding carboxylic acids is 2. The van der Waals surface area contributed by atoms with E-state index in [0.717, 1.165) is 6.07 Å². The van der Waals surface area contributed by atoms with Crippen molar-refractivity contribution >= 4 is 44.6 Å². The number of alkyl halides is 2. The fourth-order valence-electron chi connectivity index (χ4n) is 1.22. The molecule has 0 aliphatic carbocycles. The molecule has 0 saturated carbocycles. The minimum absolute atomic E-state index is 0.0900. The molecule has 1 aromatic carbocycles. The first-order chi connectivity index (χ1) is 10.8. The molecule has 0 unspecified atom stereocenters. The van der Waals surface area contributed by atoms with Crippen LogP contribution < -0.4 is 4.74 Å². The fourth-order valence-corrected chi connectivity index (χ4v) is 2.14. The fraction of sp³-hybridized carbons (Fsp3) is 0.231. The van der Waals surface area contributed by atoms with Crippen LogP contribution in [0.3, 0.4) is 0 Å². The molecule has 0 fully saturated rings. The maximum absolute atomic E-state index is 13.0. The Kier molecular flexibility index (Phi) is 6.41. The molecule has 1 aromatic rings. The Bertz CT molecular complexity index is 790. The van der Waals surface area contributed by atoms with Crippen molar-refractivity contribution in [2.24, 2.45) is 0 Å². The molecule has 0 atom stereocenters. The van der Waals surface area contributed by atoms with E-state index < -0.39 is 33.9 Å². The molecular formula is C13H11F2IO7S. The van der Waals surface area contributed by atoms with E-state index in [1.807, 2.05) is 0 Å². The highest BCUT2D eigenvalue weighted by atomic mass is 127. The van der Waals surface area contributed by atoms with Crippen LogP contribution in [0.1, 0.15) is 17.3 Å². The second-order valence-corrected chi connectivity index (χ2v) is 7.21. The molecule has 0 aromatic heterocycles. The normalized spacial score (nSPS) is 11.7. The summed E-state index contributed by atoms with van der Waals surface area (Å²) in [7, 11) is -5.70. The van der Waals surface area contributed by atoms with Gasteiger partial charge in [0, 0.05) is 9.14 Å². The molecule has 0 spiro atoms. The largest absolute Gasteiger partial charge is 0.454 e. The van der Waals surface area contributed by atoms with Crippen LogP contribution in [-0.4, -0.2) is 36.8 Å². The van der Waals surface area contributed by atoms with Crippen molar-refractivity contribution in [3.8, 4) is 5.75 Å². The third-order valence-corrected chi connectivity index (χ3v) is 4.23. The van der Waals surface area contributed by atoms with Gasteiger partial charge in [-0.3, -0.25) is 4.55 Å². The Hall–Kier alpha value is -1.60. The molecule has 0 aliphatic rings. The van der Waals surface area contributed by atoms with Crippen LogP contribution in [0.15, 0.2) is 30.4 Å². The number of halogens is 3. The number of benzene rings is 1. The van der Waals surface area contributed by atoms with Crippen molar-refractivity contribution in [2.75, 3.05) is 6.61 Å². The maximum atomic E-state index is 13.0. The molecule has 0 amide bonds. The van der Waals surface area contributed by atoms with Gasteiger partial charge in [-0.2, -0.15) is 17.2 Å². The number of esters is 2. The van der Waals surface area contributed by atoms with Crippen LogP contribution in [0.4, 0.5) is 8.78 Å². The monoisotopic (exact) mass is 476 g/mol. The molecule has 0 heterocycles. The summed E-state index contributed by atoms with van der Waals surface area (Å²) in [6.45, 7) is 2.99. The summed E-state index contributed by atoms with van der Waals surface area (Å²) >= 11 is 1.67. The second kappa shape index (κ2) is 7.53. The van der Waals surface area contributed by atoms with Gasteiger partial charge in [0.15, 0.2) is 6.61 Å². The lowest BCUT2D eigenvalue weighted by atomic mass is 10.2. The third kappa shape index (κ3) is 5.21. The van der Waals surface area contributed by atoms with Gasteiger partial charge in [-0.15, -0.1) is 0 Å². The minimum atomic E-state index is -5.70. The van der Waals surface area contributed by atoms with E-state index in [4.69, 9.17) is 9.29 Å². The molecule has 11 heteroatoms. The Morgan fingerprint density at radius 1 is 1.38 bits per heavy atom. The van der Waals surface area contributed by atoms with Gasteiger partial charge in [-0.1, -0.05) is 6.58 Å². The average Bonchev–Trinajstić information content (AvgIpc) is 2.43. The highest BCUT2D eigenvalue weighted by molar-refractivity contribution is 14.1. The van der Waals surface area contributed by atoms with E-state index >= 15 is 0 Å². The van der Waals surface area contributed by atoms with Crippen LogP contribution in [0, 0.1) is 3.57 Å². The summed E-state index contributed by atoms with van der Waals surface area (Å²) in [4.78, 5) is 23.1. The van der Waals surface area contributed by atoms with Gasteiger partial charge in [-0.05, 0) is 47.7 Å². The van der Waals surface area contributed by atoms with E-state index in [1.165, 1.54) is 19.1 Å². The molecule has 0 saturated heterocycles. The van der Waals surface area contributed by atoms with Gasteiger partial charge < -0.3 is 9.47 Å². The first-order valence-corrected chi connectivity index (χ1v) is 8.56. The van der Waals surface area contributed by atoms with Crippen LogP contribution in [-0.2, 0) is 19.6 Å². The number of hydrogen-bond acceptors (Lipinski definition) is 6. The van der Waals surface area contributed by atoms with E-state index in [1.54, 1.807) is 22.6 Å². The molecule has 132 valence electrons. The number of rotatable bonds is 6. The molecule has 0 radical (unpaired) electrons. The molecule has 0 aliphatic heterocycles. The Morgan fingerprint density at radius 3 is 2.42 bits per heavy atom. The Balaban J connectivity index is 2.86. The van der Waals surface area contributed by atoms with E-state index in [-0.39, 0.29) is 20.5 Å². The quantitative estimate of drug-likeness (QED) is 0.221. The number of carbonyl (C=O) groups is 2.